The lowest BCUT2D eigenvalue weighted by Crippen LogP contribution is -2.19. The smallest absolute Gasteiger partial charge is 0.251 e. The van der Waals surface area contributed by atoms with Crippen LogP contribution in [0.5, 0.6) is 0 Å². The molecular weight excluding hydrogens is 332 g/mol. The molecule has 3 aromatic rings. The maximum Gasteiger partial charge on any atom is 0.251 e. The molecule has 0 aliphatic rings. The first-order chi connectivity index (χ1) is 10.1. The molecule has 0 fully saturated rings. The fourth-order valence-electron chi connectivity index (χ4n) is 2.02. The number of halogens is 1. The number of rotatable bonds is 3. The molecule has 1 aromatic carbocycles. The van der Waals surface area contributed by atoms with E-state index < -0.39 is 0 Å². The van der Waals surface area contributed by atoms with Crippen molar-refractivity contribution in [2.75, 3.05) is 0 Å². The van der Waals surface area contributed by atoms with Gasteiger partial charge < -0.3 is 8.98 Å². The van der Waals surface area contributed by atoms with E-state index in [2.05, 4.69) is 20.9 Å². The van der Waals surface area contributed by atoms with Crippen LogP contribution < -0.4 is 5.56 Å². The van der Waals surface area contributed by atoms with Crippen molar-refractivity contribution in [3.63, 3.8) is 0 Å². The quantitative estimate of drug-likeness (QED) is 0.728. The Morgan fingerprint density at radius 1 is 1.24 bits per heavy atom. The van der Waals surface area contributed by atoms with Gasteiger partial charge in [0, 0.05) is 22.3 Å². The molecule has 0 bridgehead atoms. The number of oxazole rings is 1. The van der Waals surface area contributed by atoms with Crippen molar-refractivity contribution in [2.45, 2.75) is 13.5 Å². The average molecular weight is 345 g/mol. The molecule has 21 heavy (non-hydrogen) atoms. The van der Waals surface area contributed by atoms with Crippen LogP contribution in [0.2, 0.25) is 0 Å². The van der Waals surface area contributed by atoms with Crippen LogP contribution >= 0.6 is 15.9 Å². The Bertz CT molecular complexity index is 819. The third kappa shape index (κ3) is 3.13. The summed E-state index contributed by atoms with van der Waals surface area (Å²) in [7, 11) is 0. The van der Waals surface area contributed by atoms with Gasteiger partial charge in [0.2, 0.25) is 5.89 Å². The molecule has 106 valence electrons. The Morgan fingerprint density at radius 3 is 2.71 bits per heavy atom. The highest BCUT2D eigenvalue weighted by Gasteiger charge is 2.07. The first-order valence-electron chi connectivity index (χ1n) is 6.49. The molecular formula is C16H13BrN2O2. The Hall–Kier alpha value is -2.14. The average Bonchev–Trinajstić information content (AvgIpc) is 2.91. The number of benzene rings is 1. The van der Waals surface area contributed by atoms with Crippen LogP contribution in [-0.4, -0.2) is 9.55 Å². The second-order valence-electron chi connectivity index (χ2n) is 4.82. The third-order valence-electron chi connectivity index (χ3n) is 3.13. The summed E-state index contributed by atoms with van der Waals surface area (Å²) in [4.78, 5) is 16.3. The zero-order valence-corrected chi connectivity index (χ0v) is 13.0. The van der Waals surface area contributed by atoms with E-state index >= 15 is 0 Å². The number of aromatic nitrogens is 2. The van der Waals surface area contributed by atoms with Crippen molar-refractivity contribution < 1.29 is 4.42 Å². The van der Waals surface area contributed by atoms with E-state index in [9.17, 15) is 4.79 Å². The summed E-state index contributed by atoms with van der Waals surface area (Å²) in [5.74, 6) is 0.553. The first-order valence-corrected chi connectivity index (χ1v) is 7.28. The molecule has 0 unspecified atom stereocenters. The van der Waals surface area contributed by atoms with E-state index in [0.29, 0.717) is 12.4 Å². The lowest BCUT2D eigenvalue weighted by Gasteiger charge is -2.02. The molecule has 0 radical (unpaired) electrons. The second-order valence-corrected chi connectivity index (χ2v) is 5.74. The summed E-state index contributed by atoms with van der Waals surface area (Å²) >= 11 is 3.39. The predicted molar refractivity (Wildman–Crippen MR) is 84.2 cm³/mol. The summed E-state index contributed by atoms with van der Waals surface area (Å²) in [5, 5.41) is 0. The Morgan fingerprint density at radius 2 is 2.00 bits per heavy atom. The zero-order chi connectivity index (χ0) is 14.8. The van der Waals surface area contributed by atoms with Gasteiger partial charge in [0.05, 0.1) is 12.2 Å². The molecule has 0 saturated heterocycles. The predicted octanol–water partition coefficient (Wildman–Crippen LogP) is 3.62. The van der Waals surface area contributed by atoms with E-state index in [4.69, 9.17) is 4.42 Å². The van der Waals surface area contributed by atoms with E-state index in [0.717, 1.165) is 21.3 Å². The highest BCUT2D eigenvalue weighted by molar-refractivity contribution is 9.10. The fourth-order valence-corrected chi connectivity index (χ4v) is 2.28. The van der Waals surface area contributed by atoms with Crippen LogP contribution in [-0.2, 0) is 6.54 Å². The lowest BCUT2D eigenvalue weighted by atomic mass is 10.2. The van der Waals surface area contributed by atoms with Gasteiger partial charge in [-0.2, -0.15) is 0 Å². The summed E-state index contributed by atoms with van der Waals surface area (Å²) < 4.78 is 8.10. The number of nitrogens with zero attached hydrogens (tertiary/aromatic N) is 2. The lowest BCUT2D eigenvalue weighted by molar-refractivity contribution is 0.571. The number of hydrogen-bond acceptors (Lipinski definition) is 3. The molecule has 5 heteroatoms. The van der Waals surface area contributed by atoms with Crippen LogP contribution in [0.25, 0.3) is 11.5 Å². The minimum atomic E-state index is -0.0387. The van der Waals surface area contributed by atoms with Gasteiger partial charge in [-0.25, -0.2) is 4.98 Å². The monoisotopic (exact) mass is 344 g/mol. The van der Waals surface area contributed by atoms with Gasteiger partial charge in [0.15, 0.2) is 0 Å². The van der Waals surface area contributed by atoms with Crippen molar-refractivity contribution in [2.24, 2.45) is 0 Å². The molecule has 2 heterocycles. The molecule has 0 aliphatic carbocycles. The fraction of sp³-hybridized carbons (Fsp3) is 0.125. The number of pyridine rings is 1. The van der Waals surface area contributed by atoms with E-state index in [1.54, 1.807) is 23.1 Å². The Balaban J connectivity index is 1.85. The first kappa shape index (κ1) is 13.8. The standard InChI is InChI=1S/C16H13BrN2O2/c1-11-6-7-19(15(20)8-11)9-14-10-21-16(18-14)12-2-4-13(17)5-3-12/h2-8,10H,9H2,1H3. The van der Waals surface area contributed by atoms with Crippen LogP contribution in [0.15, 0.2) is 62.5 Å². The SMILES string of the molecule is Cc1ccn(Cc2coc(-c3ccc(Br)cc3)n2)c(=O)c1. The van der Waals surface area contributed by atoms with Gasteiger partial charge in [-0.3, -0.25) is 4.79 Å². The van der Waals surface area contributed by atoms with E-state index in [-0.39, 0.29) is 5.56 Å². The molecule has 4 nitrogen and oxygen atoms in total. The molecule has 0 atom stereocenters. The van der Waals surface area contributed by atoms with Gasteiger partial charge >= 0.3 is 0 Å². The Kier molecular flexibility index (Phi) is 3.75. The van der Waals surface area contributed by atoms with Crippen molar-refractivity contribution >= 4 is 15.9 Å². The summed E-state index contributed by atoms with van der Waals surface area (Å²) in [6.45, 7) is 2.30. The van der Waals surface area contributed by atoms with Crippen molar-refractivity contribution in [1.82, 2.24) is 9.55 Å². The van der Waals surface area contributed by atoms with Gasteiger partial charge in [-0.1, -0.05) is 15.9 Å². The minimum absolute atomic E-state index is 0.0387. The van der Waals surface area contributed by atoms with E-state index in [1.165, 1.54) is 0 Å². The minimum Gasteiger partial charge on any atom is -0.444 e. The van der Waals surface area contributed by atoms with Crippen LogP contribution in [0, 0.1) is 6.92 Å². The molecule has 0 amide bonds. The second kappa shape index (κ2) is 5.69. The maximum absolute atomic E-state index is 11.9. The molecule has 0 saturated carbocycles. The Labute approximate surface area is 130 Å². The summed E-state index contributed by atoms with van der Waals surface area (Å²) in [6, 6.07) is 11.2. The zero-order valence-electron chi connectivity index (χ0n) is 11.4. The molecule has 3 rings (SSSR count). The van der Waals surface area contributed by atoms with E-state index in [1.807, 2.05) is 37.3 Å². The van der Waals surface area contributed by atoms with Crippen molar-refractivity contribution in [3.05, 3.63) is 74.9 Å². The topological polar surface area (TPSA) is 48.0 Å². The highest BCUT2D eigenvalue weighted by atomic mass is 79.9. The molecule has 0 N–H and O–H groups in total. The molecule has 2 aromatic heterocycles. The van der Waals surface area contributed by atoms with Gasteiger partial charge in [-0.15, -0.1) is 0 Å². The third-order valence-corrected chi connectivity index (χ3v) is 3.66. The maximum atomic E-state index is 11.9. The largest absolute Gasteiger partial charge is 0.444 e. The highest BCUT2D eigenvalue weighted by Crippen LogP contribution is 2.21. The number of aryl methyl sites for hydroxylation is 1. The molecule has 0 aliphatic heterocycles. The number of hydrogen-bond donors (Lipinski definition) is 0. The summed E-state index contributed by atoms with van der Waals surface area (Å²) in [5.41, 5.74) is 2.54. The van der Waals surface area contributed by atoms with Crippen LogP contribution in [0.1, 0.15) is 11.3 Å². The summed E-state index contributed by atoms with van der Waals surface area (Å²) in [6.07, 6.45) is 3.36. The van der Waals surface area contributed by atoms with Crippen LogP contribution in [0.3, 0.4) is 0 Å². The normalized spacial score (nSPS) is 10.8. The van der Waals surface area contributed by atoms with Gasteiger partial charge in [0.1, 0.15) is 6.26 Å². The van der Waals surface area contributed by atoms with Gasteiger partial charge in [-0.05, 0) is 42.8 Å². The molecule has 0 spiro atoms. The van der Waals surface area contributed by atoms with Crippen molar-refractivity contribution in [3.8, 4) is 11.5 Å². The van der Waals surface area contributed by atoms with Crippen LogP contribution in [0.4, 0.5) is 0 Å². The van der Waals surface area contributed by atoms with Gasteiger partial charge in [0.25, 0.3) is 5.56 Å². The van der Waals surface area contributed by atoms with Crippen molar-refractivity contribution in [1.29, 1.82) is 0 Å².